The number of benzene rings is 1. The van der Waals surface area contributed by atoms with Crippen LogP contribution in [0.3, 0.4) is 0 Å². The highest BCUT2D eigenvalue weighted by Crippen LogP contribution is 2.21. The van der Waals surface area contributed by atoms with Crippen LogP contribution in [-0.4, -0.2) is 23.3 Å². The predicted octanol–water partition coefficient (Wildman–Crippen LogP) is 2.03. The summed E-state index contributed by atoms with van der Waals surface area (Å²) in [6.45, 7) is 3.24. The normalized spacial score (nSPS) is 10.6. The van der Waals surface area contributed by atoms with Crippen molar-refractivity contribution in [2.75, 3.05) is 13.2 Å². The van der Waals surface area contributed by atoms with Gasteiger partial charge in [0.25, 0.3) is 5.89 Å². The highest BCUT2D eigenvalue weighted by Gasteiger charge is 2.08. The Bertz CT molecular complexity index is 479. The molecule has 0 atom stereocenters. The van der Waals surface area contributed by atoms with Crippen LogP contribution in [0.2, 0.25) is 0 Å². The molecule has 1 aromatic heterocycles. The van der Waals surface area contributed by atoms with E-state index in [1.54, 1.807) is 0 Å². The van der Waals surface area contributed by atoms with Crippen molar-refractivity contribution >= 4 is 0 Å². The molecule has 0 fully saturated rings. The Morgan fingerprint density at radius 3 is 2.72 bits per heavy atom. The molecule has 0 aliphatic heterocycles. The van der Waals surface area contributed by atoms with Gasteiger partial charge in [-0.1, -0.05) is 5.16 Å². The molecule has 0 unspecified atom stereocenters. The molecule has 0 spiro atoms. The van der Waals surface area contributed by atoms with Crippen molar-refractivity contribution in [2.45, 2.75) is 19.8 Å². The van der Waals surface area contributed by atoms with E-state index in [0.717, 1.165) is 24.2 Å². The fourth-order valence-electron chi connectivity index (χ4n) is 1.59. The van der Waals surface area contributed by atoms with Crippen LogP contribution in [0.25, 0.3) is 11.5 Å². The quantitative estimate of drug-likeness (QED) is 0.845. The maximum Gasteiger partial charge on any atom is 0.257 e. The number of nitrogens with two attached hydrogens (primary N) is 1. The third kappa shape index (κ3) is 3.07. The van der Waals surface area contributed by atoms with E-state index < -0.39 is 0 Å². The summed E-state index contributed by atoms with van der Waals surface area (Å²) in [6.07, 6.45) is 1.61. The molecule has 0 saturated heterocycles. The second-order valence-corrected chi connectivity index (χ2v) is 3.87. The molecule has 0 radical (unpaired) electrons. The number of hydrogen-bond acceptors (Lipinski definition) is 5. The molecule has 1 aromatic carbocycles. The van der Waals surface area contributed by atoms with E-state index in [4.69, 9.17) is 15.0 Å². The zero-order valence-corrected chi connectivity index (χ0v) is 10.4. The molecule has 0 aliphatic carbocycles. The van der Waals surface area contributed by atoms with E-state index in [-0.39, 0.29) is 0 Å². The largest absolute Gasteiger partial charge is 0.494 e. The van der Waals surface area contributed by atoms with Crippen molar-refractivity contribution in [3.05, 3.63) is 30.1 Å². The number of nitrogens with zero attached hydrogens (tertiary/aromatic N) is 2. The van der Waals surface area contributed by atoms with Crippen molar-refractivity contribution in [1.29, 1.82) is 0 Å². The summed E-state index contributed by atoms with van der Waals surface area (Å²) in [4.78, 5) is 4.32. The Morgan fingerprint density at radius 2 is 2.06 bits per heavy atom. The van der Waals surface area contributed by atoms with Crippen LogP contribution < -0.4 is 10.5 Å². The van der Waals surface area contributed by atoms with Gasteiger partial charge in [0.2, 0.25) is 0 Å². The lowest BCUT2D eigenvalue weighted by atomic mass is 10.2. The molecule has 96 valence electrons. The molecule has 18 heavy (non-hydrogen) atoms. The van der Waals surface area contributed by atoms with Crippen molar-refractivity contribution < 1.29 is 9.26 Å². The van der Waals surface area contributed by atoms with Crippen molar-refractivity contribution in [2.24, 2.45) is 5.73 Å². The van der Waals surface area contributed by atoms with Crippen LogP contribution in [0.4, 0.5) is 0 Å². The first-order chi connectivity index (χ1) is 8.83. The van der Waals surface area contributed by atoms with Crippen LogP contribution in [0.1, 0.15) is 19.2 Å². The van der Waals surface area contributed by atoms with Gasteiger partial charge in [0, 0.05) is 12.0 Å². The standard InChI is InChI=1S/C13H17N3O2/c1-2-17-11-7-5-10(6-8-11)13-15-12(16-18-13)4-3-9-14/h5-8H,2-4,9,14H2,1H3. The summed E-state index contributed by atoms with van der Waals surface area (Å²) >= 11 is 0. The van der Waals surface area contributed by atoms with Gasteiger partial charge in [-0.05, 0) is 44.2 Å². The van der Waals surface area contributed by atoms with Crippen LogP contribution in [0, 0.1) is 0 Å². The third-order valence-electron chi connectivity index (χ3n) is 2.48. The molecule has 2 N–H and O–H groups in total. The Morgan fingerprint density at radius 1 is 1.28 bits per heavy atom. The van der Waals surface area contributed by atoms with Gasteiger partial charge in [0.1, 0.15) is 5.75 Å². The van der Waals surface area contributed by atoms with Gasteiger partial charge in [-0.2, -0.15) is 4.98 Å². The fourth-order valence-corrected chi connectivity index (χ4v) is 1.59. The average molecular weight is 247 g/mol. The first-order valence-electron chi connectivity index (χ1n) is 6.09. The molecule has 1 heterocycles. The average Bonchev–Trinajstić information content (AvgIpc) is 2.86. The molecule has 0 aliphatic rings. The first-order valence-corrected chi connectivity index (χ1v) is 6.09. The smallest absolute Gasteiger partial charge is 0.257 e. The topological polar surface area (TPSA) is 74.2 Å². The van der Waals surface area contributed by atoms with Crippen LogP contribution in [-0.2, 0) is 6.42 Å². The van der Waals surface area contributed by atoms with Crippen molar-refractivity contribution in [3.63, 3.8) is 0 Å². The zero-order chi connectivity index (χ0) is 12.8. The maximum absolute atomic E-state index is 5.44. The Balaban J connectivity index is 2.08. The van der Waals surface area contributed by atoms with Crippen molar-refractivity contribution in [1.82, 2.24) is 10.1 Å². The summed E-state index contributed by atoms with van der Waals surface area (Å²) in [5.74, 6) is 2.07. The fraction of sp³-hybridized carbons (Fsp3) is 0.385. The highest BCUT2D eigenvalue weighted by molar-refractivity contribution is 5.54. The lowest BCUT2D eigenvalue weighted by Gasteiger charge is -2.02. The summed E-state index contributed by atoms with van der Waals surface area (Å²) in [5.41, 5.74) is 6.33. The van der Waals surface area contributed by atoms with Gasteiger partial charge in [-0.3, -0.25) is 0 Å². The Hall–Kier alpha value is -1.88. The van der Waals surface area contributed by atoms with E-state index >= 15 is 0 Å². The van der Waals surface area contributed by atoms with Gasteiger partial charge in [-0.25, -0.2) is 0 Å². The molecular weight excluding hydrogens is 230 g/mol. The zero-order valence-electron chi connectivity index (χ0n) is 10.4. The minimum atomic E-state index is 0.532. The second kappa shape index (κ2) is 6.16. The lowest BCUT2D eigenvalue weighted by molar-refractivity contribution is 0.340. The number of ether oxygens (including phenoxy) is 1. The molecule has 0 saturated carbocycles. The minimum absolute atomic E-state index is 0.532. The molecule has 5 nitrogen and oxygen atoms in total. The minimum Gasteiger partial charge on any atom is -0.494 e. The van der Waals surface area contributed by atoms with E-state index in [2.05, 4.69) is 10.1 Å². The lowest BCUT2D eigenvalue weighted by Crippen LogP contribution is -2.01. The summed E-state index contributed by atoms with van der Waals surface area (Å²) < 4.78 is 10.6. The van der Waals surface area contributed by atoms with Gasteiger partial charge >= 0.3 is 0 Å². The third-order valence-corrected chi connectivity index (χ3v) is 2.48. The molecule has 5 heteroatoms. The van der Waals surface area contributed by atoms with Gasteiger partial charge < -0.3 is 15.0 Å². The number of aromatic nitrogens is 2. The number of aryl methyl sites for hydroxylation is 1. The monoisotopic (exact) mass is 247 g/mol. The molecule has 0 amide bonds. The second-order valence-electron chi connectivity index (χ2n) is 3.87. The molecule has 0 bridgehead atoms. The maximum atomic E-state index is 5.44. The molecule has 2 rings (SSSR count). The van der Waals surface area contributed by atoms with Crippen LogP contribution >= 0.6 is 0 Å². The summed E-state index contributed by atoms with van der Waals surface area (Å²) in [7, 11) is 0. The Labute approximate surface area is 106 Å². The van der Waals surface area contributed by atoms with Gasteiger partial charge in [0.05, 0.1) is 6.61 Å². The summed E-state index contributed by atoms with van der Waals surface area (Å²) in [5, 5.41) is 3.92. The number of rotatable bonds is 6. The van der Waals surface area contributed by atoms with E-state index in [1.165, 1.54) is 0 Å². The van der Waals surface area contributed by atoms with Gasteiger partial charge in [0.15, 0.2) is 5.82 Å². The molecular formula is C13H17N3O2. The predicted molar refractivity (Wildman–Crippen MR) is 68.3 cm³/mol. The SMILES string of the molecule is CCOc1ccc(-c2nc(CCCN)no2)cc1. The highest BCUT2D eigenvalue weighted by atomic mass is 16.5. The van der Waals surface area contributed by atoms with Crippen molar-refractivity contribution in [3.8, 4) is 17.2 Å². The Kier molecular flexibility index (Phi) is 4.30. The van der Waals surface area contributed by atoms with Gasteiger partial charge in [-0.15, -0.1) is 0 Å². The van der Waals surface area contributed by atoms with E-state index in [1.807, 2.05) is 31.2 Å². The van der Waals surface area contributed by atoms with E-state index in [0.29, 0.717) is 24.9 Å². The van der Waals surface area contributed by atoms with Crippen LogP contribution in [0.15, 0.2) is 28.8 Å². The summed E-state index contributed by atoms with van der Waals surface area (Å²) in [6, 6.07) is 7.60. The number of hydrogen-bond donors (Lipinski definition) is 1. The molecule has 2 aromatic rings. The first kappa shape index (κ1) is 12.6. The van der Waals surface area contributed by atoms with Crippen LogP contribution in [0.5, 0.6) is 5.75 Å². The van der Waals surface area contributed by atoms with E-state index in [9.17, 15) is 0 Å².